The van der Waals surface area contributed by atoms with E-state index in [-0.39, 0.29) is 6.54 Å². The standard InChI is InChI=1S/C15H29NO2/c1-3-6-13-7-5-8-14(10-9-13)16(11-4-2)12-15(17)18/h13-14H,3-12H2,1-2H3,(H,17,18). The molecule has 3 nitrogen and oxygen atoms in total. The molecule has 18 heavy (non-hydrogen) atoms. The lowest BCUT2D eigenvalue weighted by Crippen LogP contribution is -2.39. The van der Waals surface area contributed by atoms with Gasteiger partial charge in [-0.1, -0.05) is 39.5 Å². The Morgan fingerprint density at radius 1 is 1.17 bits per heavy atom. The van der Waals surface area contributed by atoms with Crippen LogP contribution in [0.3, 0.4) is 0 Å². The molecule has 1 aliphatic carbocycles. The van der Waals surface area contributed by atoms with Crippen molar-refractivity contribution >= 4 is 5.97 Å². The quantitative estimate of drug-likeness (QED) is 0.707. The smallest absolute Gasteiger partial charge is 0.317 e. The van der Waals surface area contributed by atoms with Gasteiger partial charge in [0.05, 0.1) is 6.54 Å². The maximum atomic E-state index is 10.9. The van der Waals surface area contributed by atoms with E-state index in [1.54, 1.807) is 0 Å². The molecule has 0 bridgehead atoms. The van der Waals surface area contributed by atoms with Crippen LogP contribution in [0.15, 0.2) is 0 Å². The largest absolute Gasteiger partial charge is 0.480 e. The fraction of sp³-hybridized carbons (Fsp3) is 0.933. The van der Waals surface area contributed by atoms with E-state index in [2.05, 4.69) is 18.7 Å². The van der Waals surface area contributed by atoms with E-state index in [1.165, 1.54) is 44.9 Å². The molecule has 106 valence electrons. The zero-order valence-electron chi connectivity index (χ0n) is 12.0. The van der Waals surface area contributed by atoms with E-state index in [4.69, 9.17) is 5.11 Å². The van der Waals surface area contributed by atoms with Crippen molar-refractivity contribution in [3.8, 4) is 0 Å². The number of carboxylic acid groups (broad SMARTS) is 1. The van der Waals surface area contributed by atoms with Gasteiger partial charge in [-0.2, -0.15) is 0 Å². The van der Waals surface area contributed by atoms with Crippen molar-refractivity contribution in [1.29, 1.82) is 0 Å². The van der Waals surface area contributed by atoms with Crippen LogP contribution in [0.4, 0.5) is 0 Å². The van der Waals surface area contributed by atoms with E-state index < -0.39 is 5.97 Å². The summed E-state index contributed by atoms with van der Waals surface area (Å²) in [6, 6.07) is 0.503. The van der Waals surface area contributed by atoms with Crippen molar-refractivity contribution in [2.75, 3.05) is 13.1 Å². The van der Waals surface area contributed by atoms with Crippen molar-refractivity contribution in [3.63, 3.8) is 0 Å². The average Bonchev–Trinajstić information content (AvgIpc) is 2.54. The summed E-state index contributed by atoms with van der Waals surface area (Å²) in [6.45, 7) is 5.54. The summed E-state index contributed by atoms with van der Waals surface area (Å²) in [6.07, 6.45) is 9.96. The van der Waals surface area contributed by atoms with Crippen molar-refractivity contribution in [2.24, 2.45) is 5.92 Å². The SMILES string of the molecule is CCCC1CCCC(N(CCC)CC(=O)O)CC1. The first-order valence-electron chi connectivity index (χ1n) is 7.63. The van der Waals surface area contributed by atoms with Crippen LogP contribution in [-0.4, -0.2) is 35.1 Å². The van der Waals surface area contributed by atoms with Crippen LogP contribution in [0, 0.1) is 5.92 Å². The molecule has 1 rings (SSSR count). The van der Waals surface area contributed by atoms with Crippen LogP contribution in [-0.2, 0) is 4.79 Å². The molecular weight excluding hydrogens is 226 g/mol. The number of aliphatic carboxylic acids is 1. The van der Waals surface area contributed by atoms with Gasteiger partial charge in [0.25, 0.3) is 0 Å². The minimum absolute atomic E-state index is 0.219. The van der Waals surface area contributed by atoms with Crippen molar-refractivity contribution in [1.82, 2.24) is 4.90 Å². The summed E-state index contributed by atoms with van der Waals surface area (Å²) in [5, 5.41) is 9.01. The number of rotatable bonds is 7. The molecule has 1 fully saturated rings. The van der Waals surface area contributed by atoms with E-state index in [1.807, 2.05) is 0 Å². The highest BCUT2D eigenvalue weighted by molar-refractivity contribution is 5.69. The van der Waals surface area contributed by atoms with Gasteiger partial charge in [0.15, 0.2) is 0 Å². The number of hydrogen-bond acceptors (Lipinski definition) is 2. The Labute approximate surface area is 112 Å². The van der Waals surface area contributed by atoms with Crippen LogP contribution in [0.5, 0.6) is 0 Å². The minimum atomic E-state index is -0.683. The topological polar surface area (TPSA) is 40.5 Å². The Bertz CT molecular complexity index is 243. The summed E-state index contributed by atoms with van der Waals surface area (Å²) in [7, 11) is 0. The van der Waals surface area contributed by atoms with Gasteiger partial charge in [0.1, 0.15) is 0 Å². The second-order valence-corrected chi connectivity index (χ2v) is 5.68. The molecule has 0 spiro atoms. The van der Waals surface area contributed by atoms with Crippen LogP contribution in [0.25, 0.3) is 0 Å². The first-order chi connectivity index (χ1) is 8.67. The summed E-state index contributed by atoms with van der Waals surface area (Å²) >= 11 is 0. The molecule has 1 aliphatic rings. The summed E-state index contributed by atoms with van der Waals surface area (Å²) < 4.78 is 0. The second kappa shape index (κ2) is 8.52. The van der Waals surface area contributed by atoms with Gasteiger partial charge in [0, 0.05) is 6.04 Å². The highest BCUT2D eigenvalue weighted by Crippen LogP contribution is 2.29. The number of carbonyl (C=O) groups is 1. The molecule has 0 radical (unpaired) electrons. The molecule has 0 aromatic carbocycles. The predicted octanol–water partition coefficient (Wildman–Crippen LogP) is 3.53. The van der Waals surface area contributed by atoms with E-state index >= 15 is 0 Å². The Morgan fingerprint density at radius 2 is 1.94 bits per heavy atom. The maximum Gasteiger partial charge on any atom is 0.317 e. The third-order valence-electron chi connectivity index (χ3n) is 4.12. The number of carboxylic acids is 1. The number of hydrogen-bond donors (Lipinski definition) is 1. The Morgan fingerprint density at radius 3 is 2.56 bits per heavy atom. The molecule has 3 heteroatoms. The van der Waals surface area contributed by atoms with Gasteiger partial charge in [0.2, 0.25) is 0 Å². The molecule has 0 saturated heterocycles. The molecule has 1 N–H and O–H groups in total. The predicted molar refractivity (Wildman–Crippen MR) is 74.8 cm³/mol. The van der Waals surface area contributed by atoms with Crippen LogP contribution >= 0.6 is 0 Å². The molecule has 0 aromatic rings. The fourth-order valence-corrected chi connectivity index (χ4v) is 3.27. The summed E-state index contributed by atoms with van der Waals surface area (Å²) in [4.78, 5) is 13.1. The maximum absolute atomic E-state index is 10.9. The summed E-state index contributed by atoms with van der Waals surface area (Å²) in [5.41, 5.74) is 0. The Hall–Kier alpha value is -0.570. The Kier molecular flexibility index (Phi) is 7.33. The molecule has 0 aliphatic heterocycles. The van der Waals surface area contributed by atoms with Crippen LogP contribution < -0.4 is 0 Å². The molecule has 2 atom stereocenters. The highest BCUT2D eigenvalue weighted by Gasteiger charge is 2.24. The molecular formula is C15H29NO2. The third-order valence-corrected chi connectivity index (χ3v) is 4.12. The average molecular weight is 255 g/mol. The lowest BCUT2D eigenvalue weighted by atomic mass is 9.95. The Balaban J connectivity index is 2.49. The fourth-order valence-electron chi connectivity index (χ4n) is 3.27. The molecule has 0 heterocycles. The van der Waals surface area contributed by atoms with Crippen LogP contribution in [0.1, 0.15) is 65.2 Å². The third kappa shape index (κ3) is 5.38. The zero-order chi connectivity index (χ0) is 13.4. The van der Waals surface area contributed by atoms with E-state index in [0.29, 0.717) is 6.04 Å². The van der Waals surface area contributed by atoms with Crippen molar-refractivity contribution in [2.45, 2.75) is 71.3 Å². The summed E-state index contributed by atoms with van der Waals surface area (Å²) in [5.74, 6) is 0.200. The lowest BCUT2D eigenvalue weighted by molar-refractivity contribution is -0.139. The first-order valence-corrected chi connectivity index (χ1v) is 7.63. The monoisotopic (exact) mass is 255 g/mol. The molecule has 1 saturated carbocycles. The highest BCUT2D eigenvalue weighted by atomic mass is 16.4. The molecule has 0 aromatic heterocycles. The minimum Gasteiger partial charge on any atom is -0.480 e. The van der Waals surface area contributed by atoms with Gasteiger partial charge >= 0.3 is 5.97 Å². The van der Waals surface area contributed by atoms with E-state index in [9.17, 15) is 4.79 Å². The first kappa shape index (κ1) is 15.5. The van der Waals surface area contributed by atoms with Gasteiger partial charge in [-0.25, -0.2) is 0 Å². The molecule has 2 unspecified atom stereocenters. The van der Waals surface area contributed by atoms with E-state index in [0.717, 1.165) is 18.9 Å². The van der Waals surface area contributed by atoms with Gasteiger partial charge in [-0.15, -0.1) is 0 Å². The van der Waals surface area contributed by atoms with Gasteiger partial charge < -0.3 is 5.11 Å². The second-order valence-electron chi connectivity index (χ2n) is 5.68. The molecule has 0 amide bonds. The normalized spacial score (nSPS) is 25.1. The van der Waals surface area contributed by atoms with Gasteiger partial charge in [-0.05, 0) is 38.1 Å². The van der Waals surface area contributed by atoms with Crippen molar-refractivity contribution < 1.29 is 9.90 Å². The lowest BCUT2D eigenvalue weighted by Gasteiger charge is -2.29. The van der Waals surface area contributed by atoms with Crippen LogP contribution in [0.2, 0.25) is 0 Å². The number of nitrogens with zero attached hydrogens (tertiary/aromatic N) is 1. The zero-order valence-corrected chi connectivity index (χ0v) is 12.0. The van der Waals surface area contributed by atoms with Crippen molar-refractivity contribution in [3.05, 3.63) is 0 Å². The van der Waals surface area contributed by atoms with Gasteiger partial charge in [-0.3, -0.25) is 9.69 Å².